The van der Waals surface area contributed by atoms with E-state index in [2.05, 4.69) is 0 Å². The number of rotatable bonds is 5. The summed E-state index contributed by atoms with van der Waals surface area (Å²) in [5, 5.41) is 11.2. The Kier molecular flexibility index (Phi) is 6.95. The summed E-state index contributed by atoms with van der Waals surface area (Å²) >= 11 is 6.16. The van der Waals surface area contributed by atoms with E-state index in [1.807, 2.05) is 19.9 Å². The molecule has 2 aromatic rings. The van der Waals surface area contributed by atoms with Crippen molar-refractivity contribution in [1.29, 1.82) is 0 Å². The molecule has 2 amide bonds. The lowest BCUT2D eigenvalue weighted by molar-refractivity contribution is -0.384. The molecule has 1 atom stereocenters. The molecule has 0 aliphatic carbocycles. The number of sulfonamides is 1. The van der Waals surface area contributed by atoms with Crippen LogP contribution in [0.5, 0.6) is 0 Å². The van der Waals surface area contributed by atoms with Gasteiger partial charge in [0.05, 0.1) is 33.0 Å². The lowest BCUT2D eigenvalue weighted by Crippen LogP contribution is -2.53. The normalized spacial score (nSPS) is 19.8. The molecule has 2 saturated heterocycles. The minimum atomic E-state index is -3.75. The zero-order valence-corrected chi connectivity index (χ0v) is 22.0. The topological polar surface area (TPSA) is 121 Å². The zero-order valence-electron chi connectivity index (χ0n) is 20.4. The number of carbonyl (C=O) groups is 2. The van der Waals surface area contributed by atoms with Gasteiger partial charge in [0.15, 0.2) is 0 Å². The molecular weight excluding hydrogens is 508 g/mol. The maximum Gasteiger partial charge on any atom is 0.271 e. The highest BCUT2D eigenvalue weighted by Gasteiger charge is 2.45. The number of benzene rings is 2. The smallest absolute Gasteiger partial charge is 0.271 e. The minimum absolute atomic E-state index is 0.0228. The molecule has 0 radical (unpaired) electrons. The maximum atomic E-state index is 13.5. The summed E-state index contributed by atoms with van der Waals surface area (Å²) < 4.78 is 28.5. The van der Waals surface area contributed by atoms with Gasteiger partial charge in [-0.25, -0.2) is 13.3 Å². The number of carbonyl (C=O) groups excluding carboxylic acids is 2. The molecule has 10 nitrogen and oxygen atoms in total. The summed E-state index contributed by atoms with van der Waals surface area (Å²) in [6, 6.07) is 4.78. The number of non-ortho nitro benzene ring substituents is 1. The number of nitro groups is 1. The second-order valence-electron chi connectivity index (χ2n) is 9.21. The summed E-state index contributed by atoms with van der Waals surface area (Å²) in [5.74, 6) is -1.04. The quantitative estimate of drug-likeness (QED) is 0.328. The van der Waals surface area contributed by atoms with Crippen LogP contribution < -0.4 is 4.90 Å². The summed E-state index contributed by atoms with van der Waals surface area (Å²) in [5.41, 5.74) is 2.96. The van der Waals surface area contributed by atoms with Crippen LogP contribution in [0.4, 0.5) is 11.4 Å². The van der Waals surface area contributed by atoms with Gasteiger partial charge in [-0.1, -0.05) is 17.7 Å². The van der Waals surface area contributed by atoms with Gasteiger partial charge in [-0.15, -0.1) is 0 Å². The molecule has 2 aromatic carbocycles. The van der Waals surface area contributed by atoms with Crippen LogP contribution in [-0.4, -0.2) is 66.6 Å². The number of hydrogen-bond donors (Lipinski definition) is 0. The van der Waals surface area contributed by atoms with Crippen LogP contribution in [0, 0.1) is 37.8 Å². The van der Waals surface area contributed by atoms with E-state index in [1.54, 1.807) is 18.7 Å². The van der Waals surface area contributed by atoms with Gasteiger partial charge < -0.3 is 0 Å². The maximum absolute atomic E-state index is 13.5. The van der Waals surface area contributed by atoms with E-state index in [0.717, 1.165) is 33.2 Å². The van der Waals surface area contributed by atoms with Crippen molar-refractivity contribution in [1.82, 2.24) is 9.21 Å². The van der Waals surface area contributed by atoms with E-state index in [-0.39, 0.29) is 49.0 Å². The van der Waals surface area contributed by atoms with Gasteiger partial charge in [0.1, 0.15) is 0 Å². The van der Waals surface area contributed by atoms with Crippen LogP contribution in [0.25, 0.3) is 0 Å². The third kappa shape index (κ3) is 4.40. The average molecular weight is 535 g/mol. The molecule has 0 bridgehead atoms. The molecule has 0 N–H and O–H groups in total. The van der Waals surface area contributed by atoms with Crippen molar-refractivity contribution >= 4 is 44.8 Å². The van der Waals surface area contributed by atoms with E-state index >= 15 is 0 Å². The van der Waals surface area contributed by atoms with E-state index in [4.69, 9.17) is 11.6 Å². The molecule has 2 aliphatic heterocycles. The molecule has 36 heavy (non-hydrogen) atoms. The molecule has 0 spiro atoms. The number of hydrogen-bond acceptors (Lipinski definition) is 7. The van der Waals surface area contributed by atoms with Crippen LogP contribution in [0.3, 0.4) is 0 Å². The summed E-state index contributed by atoms with van der Waals surface area (Å²) in [7, 11) is -3.75. The largest absolute Gasteiger partial charge is 0.289 e. The second kappa shape index (κ2) is 9.55. The first-order valence-corrected chi connectivity index (χ1v) is 13.3. The van der Waals surface area contributed by atoms with Crippen molar-refractivity contribution in [3.8, 4) is 0 Å². The Labute approximate surface area is 214 Å². The molecule has 12 heteroatoms. The lowest BCUT2D eigenvalue weighted by atomic mass is 10.0. The molecule has 2 fully saturated rings. The third-order valence-electron chi connectivity index (χ3n) is 7.11. The number of anilines is 1. The highest BCUT2D eigenvalue weighted by molar-refractivity contribution is 7.89. The van der Waals surface area contributed by atoms with Crippen LogP contribution in [0.1, 0.15) is 28.7 Å². The zero-order chi connectivity index (χ0) is 26.5. The SMILES string of the molecule is Cc1cc(C)c(C)c(S(=O)(=O)N2CCN(C3CC(=O)N(c4cc([N+](=O)[O-])ccc4Cl)C3=O)CC2)c1C. The van der Waals surface area contributed by atoms with Gasteiger partial charge in [0.25, 0.3) is 11.6 Å². The van der Waals surface area contributed by atoms with Crippen LogP contribution >= 0.6 is 11.6 Å². The van der Waals surface area contributed by atoms with Gasteiger partial charge >= 0.3 is 0 Å². The van der Waals surface area contributed by atoms with E-state index in [1.165, 1.54) is 16.4 Å². The summed E-state index contributed by atoms with van der Waals surface area (Å²) in [6.45, 7) is 8.27. The van der Waals surface area contributed by atoms with E-state index < -0.39 is 32.8 Å². The lowest BCUT2D eigenvalue weighted by Gasteiger charge is -2.36. The Balaban J connectivity index is 1.53. The molecule has 4 rings (SSSR count). The first kappa shape index (κ1) is 26.2. The molecule has 2 heterocycles. The van der Waals surface area contributed by atoms with Gasteiger partial charge in [0.2, 0.25) is 15.9 Å². The molecule has 0 aromatic heterocycles. The number of halogens is 1. The van der Waals surface area contributed by atoms with E-state index in [0.29, 0.717) is 4.90 Å². The van der Waals surface area contributed by atoms with Gasteiger partial charge in [-0.2, -0.15) is 4.31 Å². The van der Waals surface area contributed by atoms with Crippen molar-refractivity contribution in [2.75, 3.05) is 31.1 Å². The van der Waals surface area contributed by atoms with Crippen LogP contribution in [-0.2, 0) is 19.6 Å². The molecule has 1 unspecified atom stereocenters. The Morgan fingerprint density at radius 1 is 0.972 bits per heavy atom. The van der Waals surface area contributed by atoms with Crippen LogP contribution in [0.15, 0.2) is 29.2 Å². The van der Waals surface area contributed by atoms with Crippen LogP contribution in [0.2, 0.25) is 5.02 Å². The van der Waals surface area contributed by atoms with Crippen molar-refractivity contribution in [2.24, 2.45) is 0 Å². The molecule has 2 aliphatic rings. The van der Waals surface area contributed by atoms with E-state index in [9.17, 15) is 28.1 Å². The standard InChI is InChI=1S/C24H27ClN4O6S/c1-14-11-15(2)17(4)23(16(14)3)36(34,35)27-9-7-26(8-10-27)21-13-22(30)28(24(21)31)20-12-18(29(32)33)5-6-19(20)25/h5-6,11-12,21H,7-10,13H2,1-4H3. The van der Waals surface area contributed by atoms with Crippen molar-refractivity contribution in [3.05, 3.63) is 61.7 Å². The molecular formula is C24H27ClN4O6S. The average Bonchev–Trinajstić information content (AvgIpc) is 3.11. The first-order valence-electron chi connectivity index (χ1n) is 11.5. The van der Waals surface area contributed by atoms with Crippen molar-refractivity contribution in [2.45, 2.75) is 45.1 Å². The fourth-order valence-electron chi connectivity index (χ4n) is 4.89. The Morgan fingerprint density at radius 3 is 2.11 bits per heavy atom. The Bertz CT molecular complexity index is 1360. The minimum Gasteiger partial charge on any atom is -0.289 e. The fourth-order valence-corrected chi connectivity index (χ4v) is 7.09. The first-order chi connectivity index (χ1) is 16.8. The number of aryl methyl sites for hydroxylation is 2. The highest BCUT2D eigenvalue weighted by atomic mass is 35.5. The third-order valence-corrected chi connectivity index (χ3v) is 9.61. The van der Waals surface area contributed by atoms with Gasteiger partial charge in [0, 0.05) is 38.3 Å². The van der Waals surface area contributed by atoms with Crippen molar-refractivity contribution < 1.29 is 22.9 Å². The summed E-state index contributed by atoms with van der Waals surface area (Å²) in [4.78, 5) is 39.5. The highest BCUT2D eigenvalue weighted by Crippen LogP contribution is 2.35. The predicted molar refractivity (Wildman–Crippen MR) is 135 cm³/mol. The predicted octanol–water partition coefficient (Wildman–Crippen LogP) is 3.12. The molecule has 0 saturated carbocycles. The summed E-state index contributed by atoms with van der Waals surface area (Å²) in [6.07, 6.45) is -0.111. The number of piperazine rings is 1. The number of nitro benzene ring substituents is 1. The number of imide groups is 1. The number of nitrogens with zero attached hydrogens (tertiary/aromatic N) is 4. The Hall–Kier alpha value is -2.86. The fraction of sp³-hybridized carbons (Fsp3) is 0.417. The number of amides is 2. The van der Waals surface area contributed by atoms with Crippen molar-refractivity contribution in [3.63, 3.8) is 0 Å². The second-order valence-corrected chi connectivity index (χ2v) is 11.5. The van der Waals surface area contributed by atoms with Gasteiger partial charge in [-0.05, 0) is 56.0 Å². The Morgan fingerprint density at radius 2 is 1.56 bits per heavy atom. The molecule has 192 valence electrons. The van der Waals surface area contributed by atoms with Gasteiger partial charge in [-0.3, -0.25) is 24.6 Å². The monoisotopic (exact) mass is 534 g/mol.